The number of rotatable bonds is 9. The molecule has 0 fully saturated rings. The van der Waals surface area contributed by atoms with Crippen LogP contribution in [0.2, 0.25) is 0 Å². The molecular weight excluding hydrogens is 370 g/mol. The molecule has 0 saturated heterocycles. The van der Waals surface area contributed by atoms with E-state index in [0.717, 1.165) is 42.5 Å². The third-order valence-electron chi connectivity index (χ3n) is 4.70. The zero-order valence-electron chi connectivity index (χ0n) is 16.8. The van der Waals surface area contributed by atoms with Gasteiger partial charge in [-0.25, -0.2) is 0 Å². The maximum Gasteiger partial charge on any atom is 0.127 e. The van der Waals surface area contributed by atoms with Gasteiger partial charge in [0.2, 0.25) is 0 Å². The summed E-state index contributed by atoms with van der Waals surface area (Å²) in [5, 5.41) is 3.51. The number of hydrogen-bond donors (Lipinski definition) is 1. The molecule has 150 valence electrons. The summed E-state index contributed by atoms with van der Waals surface area (Å²) in [5.74, 6) is 3.41. The van der Waals surface area contributed by atoms with Gasteiger partial charge in [0.15, 0.2) is 0 Å². The SMILES string of the molecule is c1ccc(Oc2ccc(CCNCc3cccc(Oc4ccccc4)c3)cc2)cc1. The molecule has 0 radical (unpaired) electrons. The van der Waals surface area contributed by atoms with Crippen molar-refractivity contribution in [3.63, 3.8) is 0 Å². The fraction of sp³-hybridized carbons (Fsp3) is 0.111. The summed E-state index contributed by atoms with van der Waals surface area (Å²) in [5.41, 5.74) is 2.49. The van der Waals surface area contributed by atoms with E-state index in [1.807, 2.05) is 84.9 Å². The summed E-state index contributed by atoms with van der Waals surface area (Å²) in [6.45, 7) is 1.71. The van der Waals surface area contributed by atoms with E-state index in [1.54, 1.807) is 0 Å². The maximum absolute atomic E-state index is 5.91. The normalized spacial score (nSPS) is 10.5. The van der Waals surface area contributed by atoms with Crippen molar-refractivity contribution in [2.24, 2.45) is 0 Å². The minimum absolute atomic E-state index is 0.807. The molecule has 0 heterocycles. The van der Waals surface area contributed by atoms with Crippen LogP contribution < -0.4 is 14.8 Å². The molecule has 4 rings (SSSR count). The summed E-state index contributed by atoms with van der Waals surface area (Å²) < 4.78 is 11.8. The van der Waals surface area contributed by atoms with Gasteiger partial charge in [0, 0.05) is 6.54 Å². The Kier molecular flexibility index (Phi) is 6.77. The van der Waals surface area contributed by atoms with Gasteiger partial charge < -0.3 is 14.8 Å². The van der Waals surface area contributed by atoms with Crippen molar-refractivity contribution < 1.29 is 9.47 Å². The molecule has 0 amide bonds. The van der Waals surface area contributed by atoms with Gasteiger partial charge in [-0.2, -0.15) is 0 Å². The molecule has 0 aromatic heterocycles. The summed E-state index contributed by atoms with van der Waals surface area (Å²) in [6.07, 6.45) is 0.964. The molecule has 3 heteroatoms. The van der Waals surface area contributed by atoms with Gasteiger partial charge in [0.1, 0.15) is 23.0 Å². The summed E-state index contributed by atoms with van der Waals surface area (Å²) in [7, 11) is 0. The van der Waals surface area contributed by atoms with E-state index in [4.69, 9.17) is 9.47 Å². The second-order valence-corrected chi connectivity index (χ2v) is 7.05. The molecule has 1 N–H and O–H groups in total. The van der Waals surface area contributed by atoms with Crippen LogP contribution in [0, 0.1) is 0 Å². The highest BCUT2D eigenvalue weighted by Crippen LogP contribution is 2.22. The van der Waals surface area contributed by atoms with Crippen molar-refractivity contribution in [3.05, 3.63) is 120 Å². The van der Waals surface area contributed by atoms with Gasteiger partial charge in [-0.3, -0.25) is 0 Å². The molecule has 0 aliphatic heterocycles. The third kappa shape index (κ3) is 5.97. The Labute approximate surface area is 177 Å². The Balaban J connectivity index is 1.23. The van der Waals surface area contributed by atoms with Crippen LogP contribution >= 0.6 is 0 Å². The molecule has 30 heavy (non-hydrogen) atoms. The molecule has 4 aromatic carbocycles. The average molecular weight is 396 g/mol. The number of para-hydroxylation sites is 2. The van der Waals surface area contributed by atoms with Crippen molar-refractivity contribution in [1.82, 2.24) is 5.32 Å². The average Bonchev–Trinajstić information content (AvgIpc) is 2.80. The third-order valence-corrected chi connectivity index (χ3v) is 4.70. The first-order chi connectivity index (χ1) is 14.8. The molecule has 4 aromatic rings. The van der Waals surface area contributed by atoms with Crippen LogP contribution in [0.3, 0.4) is 0 Å². The first kappa shape index (κ1) is 19.7. The molecular formula is C27H25NO2. The Morgan fingerprint density at radius 2 is 1.07 bits per heavy atom. The van der Waals surface area contributed by atoms with E-state index in [-0.39, 0.29) is 0 Å². The highest BCUT2D eigenvalue weighted by molar-refractivity contribution is 5.34. The highest BCUT2D eigenvalue weighted by atomic mass is 16.5. The van der Waals surface area contributed by atoms with Gasteiger partial charge in [0.05, 0.1) is 0 Å². The summed E-state index contributed by atoms with van der Waals surface area (Å²) >= 11 is 0. The van der Waals surface area contributed by atoms with E-state index >= 15 is 0 Å². The van der Waals surface area contributed by atoms with Gasteiger partial charge in [-0.15, -0.1) is 0 Å². The van der Waals surface area contributed by atoms with E-state index in [9.17, 15) is 0 Å². The van der Waals surface area contributed by atoms with E-state index < -0.39 is 0 Å². The quantitative estimate of drug-likeness (QED) is 0.324. The predicted molar refractivity (Wildman–Crippen MR) is 121 cm³/mol. The van der Waals surface area contributed by atoms with Crippen molar-refractivity contribution >= 4 is 0 Å². The van der Waals surface area contributed by atoms with Crippen LogP contribution in [-0.2, 0) is 13.0 Å². The minimum Gasteiger partial charge on any atom is -0.457 e. The van der Waals surface area contributed by atoms with Crippen molar-refractivity contribution in [2.75, 3.05) is 6.54 Å². The Morgan fingerprint density at radius 3 is 1.73 bits per heavy atom. The van der Waals surface area contributed by atoms with Crippen molar-refractivity contribution in [2.45, 2.75) is 13.0 Å². The van der Waals surface area contributed by atoms with Gasteiger partial charge >= 0.3 is 0 Å². The summed E-state index contributed by atoms with van der Waals surface area (Å²) in [4.78, 5) is 0. The molecule has 0 bridgehead atoms. The lowest BCUT2D eigenvalue weighted by atomic mass is 10.1. The molecule has 0 unspecified atom stereocenters. The molecule has 0 saturated carbocycles. The molecule has 0 atom stereocenters. The highest BCUT2D eigenvalue weighted by Gasteiger charge is 2.01. The Morgan fingerprint density at radius 1 is 0.500 bits per heavy atom. The fourth-order valence-corrected chi connectivity index (χ4v) is 3.16. The van der Waals surface area contributed by atoms with Crippen LogP contribution in [0.1, 0.15) is 11.1 Å². The summed E-state index contributed by atoms with van der Waals surface area (Å²) in [6, 6.07) is 36.2. The van der Waals surface area contributed by atoms with E-state index in [0.29, 0.717) is 0 Å². The van der Waals surface area contributed by atoms with E-state index in [1.165, 1.54) is 11.1 Å². The van der Waals surface area contributed by atoms with Crippen LogP contribution in [0.4, 0.5) is 0 Å². The van der Waals surface area contributed by atoms with Crippen LogP contribution in [-0.4, -0.2) is 6.54 Å². The van der Waals surface area contributed by atoms with E-state index in [2.05, 4.69) is 29.6 Å². The topological polar surface area (TPSA) is 30.5 Å². The lowest BCUT2D eigenvalue weighted by Crippen LogP contribution is -2.16. The number of ether oxygens (including phenoxy) is 2. The Hall–Kier alpha value is -3.56. The molecule has 0 aliphatic carbocycles. The van der Waals surface area contributed by atoms with Gasteiger partial charge in [-0.05, 0) is 72.6 Å². The number of hydrogen-bond acceptors (Lipinski definition) is 3. The first-order valence-corrected chi connectivity index (χ1v) is 10.2. The largest absolute Gasteiger partial charge is 0.457 e. The first-order valence-electron chi connectivity index (χ1n) is 10.2. The monoisotopic (exact) mass is 395 g/mol. The predicted octanol–water partition coefficient (Wildman–Crippen LogP) is 6.60. The molecule has 0 aliphatic rings. The maximum atomic E-state index is 5.91. The smallest absolute Gasteiger partial charge is 0.127 e. The van der Waals surface area contributed by atoms with Crippen molar-refractivity contribution in [1.29, 1.82) is 0 Å². The minimum atomic E-state index is 0.807. The fourth-order valence-electron chi connectivity index (χ4n) is 3.16. The molecule has 0 spiro atoms. The lowest BCUT2D eigenvalue weighted by molar-refractivity contribution is 0.481. The van der Waals surface area contributed by atoms with Crippen LogP contribution in [0.15, 0.2) is 109 Å². The van der Waals surface area contributed by atoms with Crippen LogP contribution in [0.25, 0.3) is 0 Å². The lowest BCUT2D eigenvalue weighted by Gasteiger charge is -2.09. The van der Waals surface area contributed by atoms with Crippen LogP contribution in [0.5, 0.6) is 23.0 Å². The molecule has 3 nitrogen and oxygen atoms in total. The zero-order chi connectivity index (χ0) is 20.4. The van der Waals surface area contributed by atoms with Gasteiger partial charge in [-0.1, -0.05) is 60.7 Å². The number of benzene rings is 4. The second kappa shape index (κ2) is 10.3. The number of nitrogens with one attached hydrogen (secondary N) is 1. The van der Waals surface area contributed by atoms with Crippen molar-refractivity contribution in [3.8, 4) is 23.0 Å². The second-order valence-electron chi connectivity index (χ2n) is 7.05. The van der Waals surface area contributed by atoms with Gasteiger partial charge in [0.25, 0.3) is 0 Å². The Bertz CT molecular complexity index is 1030. The standard InChI is InChI=1S/C27H25NO2/c1-3-9-24(10-4-1)29-26-16-14-22(15-17-26)18-19-28-21-23-8-7-13-27(20-23)30-25-11-5-2-6-12-25/h1-17,20,28H,18-19,21H2. The zero-order valence-corrected chi connectivity index (χ0v) is 16.8.